The third-order valence-electron chi connectivity index (χ3n) is 4.56. The number of allylic oxidation sites excluding steroid dienone is 1. The van der Waals surface area contributed by atoms with Gasteiger partial charge in [-0.05, 0) is 35.9 Å². The van der Waals surface area contributed by atoms with Crippen molar-refractivity contribution in [1.82, 2.24) is 0 Å². The van der Waals surface area contributed by atoms with Crippen LogP contribution in [0.5, 0.6) is 5.75 Å². The van der Waals surface area contributed by atoms with Crippen LogP contribution in [-0.4, -0.2) is 48.2 Å². The molecule has 2 rings (SSSR count). The van der Waals surface area contributed by atoms with Crippen LogP contribution in [0, 0.1) is 16.0 Å². The van der Waals surface area contributed by atoms with E-state index in [9.17, 15) is 29.3 Å². The molecule has 0 saturated heterocycles. The highest BCUT2D eigenvalue weighted by Crippen LogP contribution is 2.20. The zero-order valence-electron chi connectivity index (χ0n) is 19.2. The minimum absolute atomic E-state index is 0.0577. The Morgan fingerprint density at radius 1 is 0.943 bits per heavy atom. The summed E-state index contributed by atoms with van der Waals surface area (Å²) in [4.78, 5) is 56.4. The molecule has 0 amide bonds. The van der Waals surface area contributed by atoms with Gasteiger partial charge in [0, 0.05) is 17.8 Å². The van der Waals surface area contributed by atoms with Gasteiger partial charge in [0.25, 0.3) is 0 Å². The number of hydrogen-bond acceptors (Lipinski definition) is 11. The van der Waals surface area contributed by atoms with Crippen LogP contribution in [0.15, 0.2) is 48.3 Å². The molecule has 2 unspecified atom stereocenters. The lowest BCUT2D eigenvalue weighted by Crippen LogP contribution is -2.26. The fourth-order valence-electron chi connectivity index (χ4n) is 2.83. The fourth-order valence-corrected chi connectivity index (χ4v) is 2.83. The van der Waals surface area contributed by atoms with Crippen LogP contribution in [0.3, 0.4) is 0 Å². The van der Waals surface area contributed by atoms with Crippen molar-refractivity contribution in [2.24, 2.45) is 5.92 Å². The summed E-state index contributed by atoms with van der Waals surface area (Å²) in [6.45, 7) is 2.60. The molecule has 0 heterocycles. The fraction of sp³-hybridized carbons (Fsp3) is 0.391. The van der Waals surface area contributed by atoms with Gasteiger partial charge < -0.3 is 23.7 Å². The summed E-state index contributed by atoms with van der Waals surface area (Å²) in [5.74, 6) is -1.79. The topological polar surface area (TPSA) is 158 Å². The number of carbonyl (C=O) groups is 4. The highest BCUT2D eigenvalue weighted by atomic mass is 16.7. The number of hydrogen-bond donors (Lipinski definition) is 0. The Balaban J connectivity index is 1.68. The summed E-state index contributed by atoms with van der Waals surface area (Å²) >= 11 is 0. The lowest BCUT2D eigenvalue weighted by atomic mass is 9.97. The minimum Gasteiger partial charge on any atom is -0.462 e. The molecular weight excluding hydrogens is 466 g/mol. The molecule has 188 valence electrons. The molecule has 2 atom stereocenters. The van der Waals surface area contributed by atoms with Crippen LogP contribution in [0.4, 0.5) is 4.79 Å². The second-order valence-electron chi connectivity index (χ2n) is 7.38. The molecule has 35 heavy (non-hydrogen) atoms. The second-order valence-corrected chi connectivity index (χ2v) is 7.38. The van der Waals surface area contributed by atoms with Gasteiger partial charge in [-0.1, -0.05) is 19.1 Å². The summed E-state index contributed by atoms with van der Waals surface area (Å²) in [5.41, 5.74) is 0.591. The molecule has 1 aliphatic carbocycles. The van der Waals surface area contributed by atoms with Crippen LogP contribution in [-0.2, 0) is 39.9 Å². The Kier molecular flexibility index (Phi) is 10.4. The van der Waals surface area contributed by atoms with Gasteiger partial charge in [0.1, 0.15) is 31.3 Å². The number of ether oxygens (including phenoxy) is 5. The smallest absolute Gasteiger partial charge is 0.462 e. The first-order valence-corrected chi connectivity index (χ1v) is 10.6. The predicted octanol–water partition coefficient (Wildman–Crippen LogP) is 2.87. The Morgan fingerprint density at radius 3 is 2.23 bits per heavy atom. The zero-order valence-corrected chi connectivity index (χ0v) is 19.2. The molecular formula is C23H25NO11. The average molecular weight is 491 g/mol. The Labute approximate surface area is 200 Å². The Hall–Kier alpha value is -4.22. The number of nitro groups is 1. The van der Waals surface area contributed by atoms with Crippen LogP contribution in [0.2, 0.25) is 0 Å². The molecule has 0 bridgehead atoms. The largest absolute Gasteiger partial charge is 0.514 e. The molecule has 12 nitrogen and oxygen atoms in total. The van der Waals surface area contributed by atoms with Crippen molar-refractivity contribution < 1.29 is 47.8 Å². The maximum atomic E-state index is 11.9. The van der Waals surface area contributed by atoms with Crippen molar-refractivity contribution in [2.75, 3.05) is 13.2 Å². The Bertz CT molecular complexity index is 997. The molecule has 0 fully saturated rings. The monoisotopic (exact) mass is 491 g/mol. The van der Waals surface area contributed by atoms with E-state index in [1.54, 1.807) is 19.1 Å². The van der Waals surface area contributed by atoms with Crippen LogP contribution in [0.25, 0.3) is 0 Å². The third-order valence-corrected chi connectivity index (χ3v) is 4.56. The third kappa shape index (κ3) is 10.1. The summed E-state index contributed by atoms with van der Waals surface area (Å²) in [5, 5.41) is 10.9. The van der Waals surface area contributed by atoms with Gasteiger partial charge in [0.2, 0.25) is 6.04 Å². The number of rotatable bonds is 11. The van der Waals surface area contributed by atoms with Crippen molar-refractivity contribution >= 4 is 24.1 Å². The molecule has 1 aromatic rings. The lowest BCUT2D eigenvalue weighted by molar-refractivity contribution is -0.515. The van der Waals surface area contributed by atoms with Gasteiger partial charge >= 0.3 is 24.1 Å². The van der Waals surface area contributed by atoms with E-state index >= 15 is 0 Å². The van der Waals surface area contributed by atoms with Gasteiger partial charge in [0.05, 0.1) is 12.8 Å². The van der Waals surface area contributed by atoms with Crippen LogP contribution >= 0.6 is 0 Å². The maximum absolute atomic E-state index is 11.9. The van der Waals surface area contributed by atoms with Crippen LogP contribution in [0.1, 0.15) is 32.3 Å². The first-order valence-electron chi connectivity index (χ1n) is 10.6. The number of benzene rings is 1. The number of carbonyl (C=O) groups excluding carboxylic acids is 4. The second kappa shape index (κ2) is 13.5. The lowest BCUT2D eigenvalue weighted by Gasteiger charge is -2.16. The van der Waals surface area contributed by atoms with Gasteiger partial charge in [-0.3, -0.25) is 24.5 Å². The first-order chi connectivity index (χ1) is 16.6. The van der Waals surface area contributed by atoms with E-state index in [2.05, 4.69) is 4.74 Å². The van der Waals surface area contributed by atoms with Gasteiger partial charge in [0.15, 0.2) is 0 Å². The summed E-state index contributed by atoms with van der Waals surface area (Å²) < 4.78 is 24.6. The quantitative estimate of drug-likeness (QED) is 0.112. The highest BCUT2D eigenvalue weighted by Gasteiger charge is 2.27. The van der Waals surface area contributed by atoms with Crippen LogP contribution < -0.4 is 4.74 Å². The number of esters is 3. The van der Waals surface area contributed by atoms with E-state index in [-0.39, 0.29) is 44.2 Å². The van der Waals surface area contributed by atoms with Crippen molar-refractivity contribution in [3.8, 4) is 5.75 Å². The van der Waals surface area contributed by atoms with E-state index in [1.165, 1.54) is 37.3 Å². The predicted molar refractivity (Wildman–Crippen MR) is 117 cm³/mol. The van der Waals surface area contributed by atoms with E-state index < -0.39 is 40.9 Å². The van der Waals surface area contributed by atoms with Crippen molar-refractivity contribution in [2.45, 2.75) is 39.3 Å². The SMILES string of the molecule is CC(=O)OCCOC(=O)CCC(=O)Oc1ccc(COC(=O)OC2=CC(C)C([N+](=O)[O-])C=C2)cc1. The van der Waals surface area contributed by atoms with Crippen molar-refractivity contribution in [1.29, 1.82) is 0 Å². The summed E-state index contributed by atoms with van der Waals surface area (Å²) in [7, 11) is 0. The molecule has 0 aliphatic heterocycles. The average Bonchev–Trinajstić information content (AvgIpc) is 2.80. The van der Waals surface area contributed by atoms with E-state index in [4.69, 9.17) is 18.9 Å². The summed E-state index contributed by atoms with van der Waals surface area (Å²) in [6, 6.07) is 5.25. The molecule has 1 aromatic carbocycles. The molecule has 0 saturated carbocycles. The Morgan fingerprint density at radius 2 is 1.60 bits per heavy atom. The van der Waals surface area contributed by atoms with Gasteiger partial charge in [-0.25, -0.2) is 4.79 Å². The van der Waals surface area contributed by atoms with Gasteiger partial charge in [-0.15, -0.1) is 0 Å². The summed E-state index contributed by atoms with van der Waals surface area (Å²) in [6.07, 6.45) is 2.81. The number of nitrogens with zero attached hydrogens (tertiary/aromatic N) is 1. The molecule has 12 heteroatoms. The minimum atomic E-state index is -0.970. The van der Waals surface area contributed by atoms with Gasteiger partial charge in [-0.2, -0.15) is 0 Å². The van der Waals surface area contributed by atoms with Crippen molar-refractivity contribution in [3.63, 3.8) is 0 Å². The molecule has 0 aromatic heterocycles. The molecule has 0 radical (unpaired) electrons. The molecule has 1 aliphatic rings. The molecule has 0 N–H and O–H groups in total. The van der Waals surface area contributed by atoms with E-state index in [0.29, 0.717) is 5.56 Å². The van der Waals surface area contributed by atoms with E-state index in [0.717, 1.165) is 0 Å². The molecule has 0 spiro atoms. The first kappa shape index (κ1) is 27.0. The zero-order chi connectivity index (χ0) is 25.8. The standard InChI is InChI=1S/C23H25NO11/c1-15-13-19(7-8-20(15)24(29)30)35-23(28)33-14-17-3-5-18(6-4-17)34-22(27)10-9-21(26)32-12-11-31-16(2)25/h3-8,13,15,20H,9-12,14H2,1-2H3. The normalized spacial score (nSPS) is 16.5. The van der Waals surface area contributed by atoms with Crippen molar-refractivity contribution in [3.05, 3.63) is 63.9 Å². The maximum Gasteiger partial charge on any atom is 0.514 e. The van der Waals surface area contributed by atoms with E-state index in [1.807, 2.05) is 0 Å². The highest BCUT2D eigenvalue weighted by molar-refractivity contribution is 5.79.